The number of allylic oxidation sites excluding steroid dienone is 1. The second kappa shape index (κ2) is 4.45. The molecule has 0 saturated carbocycles. The molecule has 0 aliphatic heterocycles. The highest BCUT2D eigenvalue weighted by Gasteiger charge is 2.00. The molecule has 1 rings (SSSR count). The van der Waals surface area contributed by atoms with Crippen molar-refractivity contribution < 1.29 is 0 Å². The molecule has 0 aliphatic rings. The topological polar surface area (TPSA) is 23.8 Å². The van der Waals surface area contributed by atoms with Crippen molar-refractivity contribution >= 4 is 32.6 Å². The van der Waals surface area contributed by atoms with E-state index in [1.807, 2.05) is 31.2 Å². The lowest BCUT2D eigenvalue weighted by molar-refractivity contribution is 1.42. The number of benzene rings is 1. The van der Waals surface area contributed by atoms with E-state index in [4.69, 9.17) is 16.9 Å². The molecule has 0 bridgehead atoms. The highest BCUT2D eigenvalue weighted by atomic mass is 79.9. The number of rotatable bonds is 1. The predicted octanol–water partition coefficient (Wildman–Crippen LogP) is 3.86. The summed E-state index contributed by atoms with van der Waals surface area (Å²) in [6.45, 7) is 2.00. The summed E-state index contributed by atoms with van der Waals surface area (Å²) >= 11 is 9.25. The Bertz CT molecular complexity index is 390. The Morgan fingerprint density at radius 2 is 2.31 bits per heavy atom. The Kier molecular flexibility index (Phi) is 3.53. The highest BCUT2D eigenvalue weighted by molar-refractivity contribution is 9.10. The first-order valence-corrected chi connectivity index (χ1v) is 4.84. The van der Waals surface area contributed by atoms with Gasteiger partial charge in [-0.2, -0.15) is 5.26 Å². The molecule has 0 heterocycles. The quantitative estimate of drug-likeness (QED) is 0.700. The van der Waals surface area contributed by atoms with Gasteiger partial charge in [-0.05, 0) is 24.1 Å². The van der Waals surface area contributed by atoms with Crippen molar-refractivity contribution in [2.45, 2.75) is 6.92 Å². The average Bonchev–Trinajstić information content (AvgIpc) is 2.10. The summed E-state index contributed by atoms with van der Waals surface area (Å²) in [5.41, 5.74) is 1.99. The van der Waals surface area contributed by atoms with Crippen LogP contribution in [0.1, 0.15) is 11.1 Å². The van der Waals surface area contributed by atoms with Crippen LogP contribution in [0.15, 0.2) is 28.7 Å². The van der Waals surface area contributed by atoms with E-state index in [9.17, 15) is 0 Å². The maximum Gasteiger partial charge on any atom is 0.0927 e. The minimum Gasteiger partial charge on any atom is -0.193 e. The molecule has 0 unspecified atom stereocenters. The molecule has 0 fully saturated rings. The third kappa shape index (κ3) is 2.58. The SMILES string of the molecule is Cc1ccc(/C(Cl)=C/C#N)cc1Br. The van der Waals surface area contributed by atoms with Crippen molar-refractivity contribution in [2.24, 2.45) is 0 Å². The number of nitriles is 1. The van der Waals surface area contributed by atoms with E-state index in [-0.39, 0.29) is 0 Å². The molecule has 0 aliphatic carbocycles. The molecule has 0 radical (unpaired) electrons. The highest BCUT2D eigenvalue weighted by Crippen LogP contribution is 2.24. The maximum absolute atomic E-state index is 8.40. The average molecular weight is 257 g/mol. The molecule has 1 nitrogen and oxygen atoms in total. The zero-order chi connectivity index (χ0) is 9.84. The number of hydrogen-bond acceptors (Lipinski definition) is 1. The summed E-state index contributed by atoms with van der Waals surface area (Å²) in [6.07, 6.45) is 1.32. The third-order valence-electron chi connectivity index (χ3n) is 1.64. The first kappa shape index (κ1) is 10.3. The lowest BCUT2D eigenvalue weighted by Crippen LogP contribution is -1.80. The molecule has 0 atom stereocenters. The Morgan fingerprint density at radius 1 is 1.62 bits per heavy atom. The van der Waals surface area contributed by atoms with Gasteiger partial charge in [-0.15, -0.1) is 0 Å². The zero-order valence-electron chi connectivity index (χ0n) is 7.01. The van der Waals surface area contributed by atoms with Gasteiger partial charge in [0.2, 0.25) is 0 Å². The van der Waals surface area contributed by atoms with Crippen molar-refractivity contribution in [2.75, 3.05) is 0 Å². The van der Waals surface area contributed by atoms with Crippen molar-refractivity contribution in [3.63, 3.8) is 0 Å². The lowest BCUT2D eigenvalue weighted by Gasteiger charge is -2.01. The second-order valence-corrected chi connectivity index (χ2v) is 3.85. The van der Waals surface area contributed by atoms with Crippen molar-refractivity contribution in [3.8, 4) is 6.07 Å². The van der Waals surface area contributed by atoms with Gasteiger partial charge < -0.3 is 0 Å². The first-order chi connectivity index (χ1) is 6.15. The van der Waals surface area contributed by atoms with Crippen LogP contribution in [0, 0.1) is 18.3 Å². The molecule has 0 N–H and O–H groups in total. The Hall–Kier alpha value is -0.780. The molecule has 0 spiro atoms. The normalized spacial score (nSPS) is 11.1. The maximum atomic E-state index is 8.40. The van der Waals surface area contributed by atoms with Crippen LogP contribution in [0.3, 0.4) is 0 Å². The van der Waals surface area contributed by atoms with Gasteiger partial charge in [0.25, 0.3) is 0 Å². The molecule has 3 heteroatoms. The lowest BCUT2D eigenvalue weighted by atomic mass is 10.1. The van der Waals surface area contributed by atoms with Crippen LogP contribution in [-0.2, 0) is 0 Å². The van der Waals surface area contributed by atoms with E-state index < -0.39 is 0 Å². The Morgan fingerprint density at radius 3 is 2.85 bits per heavy atom. The predicted molar refractivity (Wildman–Crippen MR) is 58.3 cm³/mol. The summed E-state index contributed by atoms with van der Waals surface area (Å²) in [5, 5.41) is 8.86. The van der Waals surface area contributed by atoms with Gasteiger partial charge in [-0.3, -0.25) is 0 Å². The summed E-state index contributed by atoms with van der Waals surface area (Å²) in [6, 6.07) is 7.62. The second-order valence-electron chi connectivity index (χ2n) is 2.59. The molecule has 0 amide bonds. The number of nitrogens with zero attached hydrogens (tertiary/aromatic N) is 1. The standard InChI is InChI=1S/C10H7BrClN/c1-7-2-3-8(6-9(7)11)10(12)4-5-13/h2-4,6H,1H3/b10-4-. The zero-order valence-corrected chi connectivity index (χ0v) is 9.35. The van der Waals surface area contributed by atoms with Crippen LogP contribution in [0.25, 0.3) is 5.03 Å². The molecule has 66 valence electrons. The Labute approximate surface area is 90.8 Å². The molecular formula is C10H7BrClN. The third-order valence-corrected chi connectivity index (χ3v) is 2.82. The van der Waals surface area contributed by atoms with Crippen molar-refractivity contribution in [1.29, 1.82) is 5.26 Å². The van der Waals surface area contributed by atoms with Crippen LogP contribution in [-0.4, -0.2) is 0 Å². The van der Waals surface area contributed by atoms with E-state index in [0.717, 1.165) is 15.6 Å². The molecular weight excluding hydrogens is 249 g/mol. The van der Waals surface area contributed by atoms with Crippen LogP contribution < -0.4 is 0 Å². The molecule has 1 aromatic rings. The Balaban J connectivity index is 3.13. The van der Waals surface area contributed by atoms with Crippen LogP contribution in [0.2, 0.25) is 0 Å². The largest absolute Gasteiger partial charge is 0.193 e. The molecule has 13 heavy (non-hydrogen) atoms. The van der Waals surface area contributed by atoms with Gasteiger partial charge >= 0.3 is 0 Å². The van der Waals surface area contributed by atoms with E-state index in [2.05, 4.69) is 15.9 Å². The molecule has 0 saturated heterocycles. The van der Waals surface area contributed by atoms with Crippen molar-refractivity contribution in [3.05, 3.63) is 39.9 Å². The fourth-order valence-corrected chi connectivity index (χ4v) is 1.43. The van der Waals surface area contributed by atoms with E-state index in [1.54, 1.807) is 0 Å². The van der Waals surface area contributed by atoms with E-state index >= 15 is 0 Å². The summed E-state index contributed by atoms with van der Waals surface area (Å²) in [7, 11) is 0. The van der Waals surface area contributed by atoms with Crippen LogP contribution >= 0.6 is 27.5 Å². The van der Waals surface area contributed by atoms with E-state index in [1.165, 1.54) is 6.08 Å². The van der Waals surface area contributed by atoms with Gasteiger partial charge in [0.1, 0.15) is 0 Å². The molecule has 0 aromatic heterocycles. The summed E-state index contributed by atoms with van der Waals surface area (Å²) in [5.74, 6) is 0. The number of aryl methyl sites for hydroxylation is 1. The van der Waals surface area contributed by atoms with Gasteiger partial charge in [-0.1, -0.05) is 39.7 Å². The first-order valence-electron chi connectivity index (χ1n) is 3.67. The van der Waals surface area contributed by atoms with Gasteiger partial charge in [0.15, 0.2) is 0 Å². The number of halogens is 2. The van der Waals surface area contributed by atoms with E-state index in [0.29, 0.717) is 5.03 Å². The van der Waals surface area contributed by atoms with Crippen LogP contribution in [0.4, 0.5) is 0 Å². The van der Waals surface area contributed by atoms with Gasteiger partial charge in [0.05, 0.1) is 11.1 Å². The summed E-state index contributed by atoms with van der Waals surface area (Å²) in [4.78, 5) is 0. The van der Waals surface area contributed by atoms with Crippen molar-refractivity contribution in [1.82, 2.24) is 0 Å². The smallest absolute Gasteiger partial charge is 0.0927 e. The van der Waals surface area contributed by atoms with Gasteiger partial charge in [-0.25, -0.2) is 0 Å². The summed E-state index contributed by atoms with van der Waals surface area (Å²) < 4.78 is 0.995. The van der Waals surface area contributed by atoms with Crippen LogP contribution in [0.5, 0.6) is 0 Å². The van der Waals surface area contributed by atoms with Gasteiger partial charge in [0, 0.05) is 10.5 Å². The molecule has 1 aromatic carbocycles. The fourth-order valence-electron chi connectivity index (χ4n) is 0.881. The monoisotopic (exact) mass is 255 g/mol. The number of hydrogen-bond donors (Lipinski definition) is 0. The fraction of sp³-hybridized carbons (Fsp3) is 0.100. The minimum absolute atomic E-state index is 0.461. The minimum atomic E-state index is 0.461.